The molecule has 1 aliphatic carbocycles. The normalized spacial score (nSPS) is 17.1. The predicted octanol–water partition coefficient (Wildman–Crippen LogP) is 2.14. The molecular formula is C16H17N3O2. The zero-order valence-corrected chi connectivity index (χ0v) is 11.8. The molecule has 0 saturated carbocycles. The lowest BCUT2D eigenvalue weighted by molar-refractivity contribution is -0.118. The zero-order valence-electron chi connectivity index (χ0n) is 11.8. The first kappa shape index (κ1) is 13.5. The second-order valence-electron chi connectivity index (χ2n) is 5.38. The van der Waals surface area contributed by atoms with E-state index in [0.717, 1.165) is 30.5 Å². The summed E-state index contributed by atoms with van der Waals surface area (Å²) in [5.41, 5.74) is 3.08. The molecule has 5 heteroatoms. The molecule has 3 rings (SSSR count). The fraction of sp³-hybridized carbons (Fsp3) is 0.312. The van der Waals surface area contributed by atoms with Gasteiger partial charge in [-0.25, -0.2) is 0 Å². The van der Waals surface area contributed by atoms with Gasteiger partial charge in [-0.15, -0.1) is 0 Å². The van der Waals surface area contributed by atoms with Crippen LogP contribution in [0, 0.1) is 6.92 Å². The van der Waals surface area contributed by atoms with E-state index >= 15 is 0 Å². The Bertz CT molecular complexity index is 736. The average molecular weight is 283 g/mol. The Hall–Kier alpha value is -2.43. The molecule has 5 nitrogen and oxygen atoms in total. The molecule has 108 valence electrons. The molecule has 0 bridgehead atoms. The number of aromatic amines is 1. The number of aromatic nitrogens is 2. The minimum absolute atomic E-state index is 0.0684. The molecule has 0 aromatic carbocycles. The number of carbonyl (C=O) groups is 1. The number of pyridine rings is 2. The van der Waals surface area contributed by atoms with Crippen LogP contribution in [0.5, 0.6) is 0 Å². The average Bonchev–Trinajstić information content (AvgIpc) is 2.50. The molecular weight excluding hydrogens is 266 g/mol. The second-order valence-corrected chi connectivity index (χ2v) is 5.38. The van der Waals surface area contributed by atoms with E-state index in [-0.39, 0.29) is 17.4 Å². The summed E-state index contributed by atoms with van der Waals surface area (Å²) in [6.45, 7) is 1.71. The molecule has 0 radical (unpaired) electrons. The molecule has 0 fully saturated rings. The van der Waals surface area contributed by atoms with Gasteiger partial charge in [-0.2, -0.15) is 0 Å². The van der Waals surface area contributed by atoms with Crippen LogP contribution >= 0.6 is 0 Å². The lowest BCUT2D eigenvalue weighted by Crippen LogP contribution is -2.26. The Morgan fingerprint density at radius 1 is 1.48 bits per heavy atom. The Balaban J connectivity index is 1.83. The number of nitrogens with zero attached hydrogens (tertiary/aromatic N) is 1. The molecule has 1 aliphatic rings. The second kappa shape index (κ2) is 5.52. The first-order valence-electron chi connectivity index (χ1n) is 7.09. The molecule has 2 N–H and O–H groups in total. The summed E-state index contributed by atoms with van der Waals surface area (Å²) >= 11 is 0. The Kier molecular flexibility index (Phi) is 3.56. The van der Waals surface area contributed by atoms with Crippen LogP contribution in [0.4, 0.5) is 5.69 Å². The molecule has 0 spiro atoms. The SMILES string of the molecule is Cc1cc(NC(=O)[C@H]2CCCc3cccnc32)c[nH]c1=O. The minimum Gasteiger partial charge on any atom is -0.327 e. The van der Waals surface area contributed by atoms with Gasteiger partial charge in [-0.1, -0.05) is 6.07 Å². The van der Waals surface area contributed by atoms with Crippen molar-refractivity contribution in [3.8, 4) is 0 Å². The molecule has 2 aromatic heterocycles. The van der Waals surface area contributed by atoms with E-state index in [0.29, 0.717) is 11.3 Å². The maximum Gasteiger partial charge on any atom is 0.250 e. The lowest BCUT2D eigenvalue weighted by atomic mass is 9.86. The predicted molar refractivity (Wildman–Crippen MR) is 80.3 cm³/mol. The monoisotopic (exact) mass is 283 g/mol. The van der Waals surface area contributed by atoms with Crippen LogP contribution < -0.4 is 10.9 Å². The summed E-state index contributed by atoms with van der Waals surface area (Å²) in [7, 11) is 0. The molecule has 2 aromatic rings. The van der Waals surface area contributed by atoms with Crippen LogP contribution in [0.15, 0.2) is 35.4 Å². The molecule has 1 amide bonds. The first-order valence-corrected chi connectivity index (χ1v) is 7.09. The van der Waals surface area contributed by atoms with Crippen molar-refractivity contribution in [2.45, 2.75) is 32.1 Å². The maximum atomic E-state index is 12.5. The van der Waals surface area contributed by atoms with Gasteiger partial charge in [-0.05, 0) is 43.9 Å². The van der Waals surface area contributed by atoms with Crippen molar-refractivity contribution < 1.29 is 4.79 Å². The minimum atomic E-state index is -0.220. The highest BCUT2D eigenvalue weighted by molar-refractivity contribution is 5.95. The van der Waals surface area contributed by atoms with Crippen molar-refractivity contribution in [2.75, 3.05) is 5.32 Å². The van der Waals surface area contributed by atoms with E-state index in [1.807, 2.05) is 12.1 Å². The number of hydrogen-bond donors (Lipinski definition) is 2. The fourth-order valence-electron chi connectivity index (χ4n) is 2.76. The van der Waals surface area contributed by atoms with Gasteiger partial charge in [0.1, 0.15) is 0 Å². The standard InChI is InChI=1S/C16H17N3O2/c1-10-8-12(9-18-15(10)20)19-16(21)13-6-2-4-11-5-3-7-17-14(11)13/h3,5,7-9,13H,2,4,6H2,1H3,(H,18,20)(H,19,21)/t13-/m0/s1. The van der Waals surface area contributed by atoms with Crippen LogP contribution in [0.3, 0.4) is 0 Å². The van der Waals surface area contributed by atoms with Gasteiger partial charge in [0.05, 0.1) is 17.3 Å². The summed E-state index contributed by atoms with van der Waals surface area (Å²) in [6, 6.07) is 5.62. The van der Waals surface area contributed by atoms with Gasteiger partial charge in [-0.3, -0.25) is 14.6 Å². The third-order valence-electron chi connectivity index (χ3n) is 3.87. The van der Waals surface area contributed by atoms with Crippen LogP contribution in [0.1, 0.15) is 35.6 Å². The highest BCUT2D eigenvalue weighted by Gasteiger charge is 2.27. The molecule has 0 saturated heterocycles. The van der Waals surface area contributed by atoms with E-state index in [4.69, 9.17) is 0 Å². The van der Waals surface area contributed by atoms with E-state index in [9.17, 15) is 9.59 Å². The number of anilines is 1. The van der Waals surface area contributed by atoms with Gasteiger partial charge in [0.15, 0.2) is 0 Å². The largest absolute Gasteiger partial charge is 0.327 e. The van der Waals surface area contributed by atoms with Crippen molar-refractivity contribution in [1.29, 1.82) is 0 Å². The van der Waals surface area contributed by atoms with Gasteiger partial charge in [0, 0.05) is 18.0 Å². The third-order valence-corrected chi connectivity index (χ3v) is 3.87. The Morgan fingerprint density at radius 3 is 3.14 bits per heavy atom. The van der Waals surface area contributed by atoms with Crippen LogP contribution in [0.25, 0.3) is 0 Å². The number of nitrogens with one attached hydrogen (secondary N) is 2. The number of H-pyrrole nitrogens is 1. The summed E-state index contributed by atoms with van der Waals surface area (Å²) < 4.78 is 0. The van der Waals surface area contributed by atoms with E-state index in [2.05, 4.69) is 15.3 Å². The first-order chi connectivity index (χ1) is 10.1. The number of hydrogen-bond acceptors (Lipinski definition) is 3. The van der Waals surface area contributed by atoms with Crippen LogP contribution in [-0.4, -0.2) is 15.9 Å². The summed E-state index contributed by atoms with van der Waals surface area (Å²) in [5.74, 6) is -0.289. The lowest BCUT2D eigenvalue weighted by Gasteiger charge is -2.23. The van der Waals surface area contributed by atoms with Crippen LogP contribution in [-0.2, 0) is 11.2 Å². The van der Waals surface area contributed by atoms with Crippen molar-refractivity contribution in [3.05, 3.63) is 57.8 Å². The van der Waals surface area contributed by atoms with Gasteiger partial charge < -0.3 is 10.3 Å². The number of rotatable bonds is 2. The van der Waals surface area contributed by atoms with Gasteiger partial charge in [0.2, 0.25) is 5.91 Å². The topological polar surface area (TPSA) is 74.8 Å². The van der Waals surface area contributed by atoms with Gasteiger partial charge in [0.25, 0.3) is 5.56 Å². The van der Waals surface area contributed by atoms with E-state index in [1.54, 1.807) is 19.2 Å². The zero-order chi connectivity index (χ0) is 14.8. The Labute approximate surface area is 122 Å². The molecule has 21 heavy (non-hydrogen) atoms. The van der Waals surface area contributed by atoms with Crippen molar-refractivity contribution in [1.82, 2.24) is 9.97 Å². The van der Waals surface area contributed by atoms with E-state index in [1.165, 1.54) is 6.20 Å². The Morgan fingerprint density at radius 2 is 2.33 bits per heavy atom. The maximum absolute atomic E-state index is 12.5. The smallest absolute Gasteiger partial charge is 0.250 e. The summed E-state index contributed by atoms with van der Waals surface area (Å²) in [5, 5.41) is 2.87. The summed E-state index contributed by atoms with van der Waals surface area (Å²) in [4.78, 5) is 30.8. The van der Waals surface area contributed by atoms with Crippen molar-refractivity contribution in [2.24, 2.45) is 0 Å². The molecule has 0 aliphatic heterocycles. The van der Waals surface area contributed by atoms with E-state index < -0.39 is 0 Å². The van der Waals surface area contributed by atoms with Crippen LogP contribution in [0.2, 0.25) is 0 Å². The fourth-order valence-corrected chi connectivity index (χ4v) is 2.76. The number of fused-ring (bicyclic) bond motifs is 1. The van der Waals surface area contributed by atoms with Crippen molar-refractivity contribution in [3.63, 3.8) is 0 Å². The highest BCUT2D eigenvalue weighted by atomic mass is 16.2. The highest BCUT2D eigenvalue weighted by Crippen LogP contribution is 2.30. The molecule has 1 atom stereocenters. The van der Waals surface area contributed by atoms with Gasteiger partial charge >= 0.3 is 0 Å². The van der Waals surface area contributed by atoms with Crippen molar-refractivity contribution >= 4 is 11.6 Å². The third kappa shape index (κ3) is 2.72. The number of aryl methyl sites for hydroxylation is 2. The number of amides is 1. The quantitative estimate of drug-likeness (QED) is 0.886. The molecule has 0 unspecified atom stereocenters. The summed E-state index contributed by atoms with van der Waals surface area (Å²) in [6.07, 6.45) is 6.02. The molecule has 2 heterocycles. The number of carbonyl (C=O) groups excluding carboxylic acids is 1.